The van der Waals surface area contributed by atoms with Crippen LogP contribution in [-0.4, -0.2) is 39.2 Å². The molecule has 0 radical (unpaired) electrons. The van der Waals surface area contributed by atoms with Crippen molar-refractivity contribution >= 4 is 11.7 Å². The number of methoxy groups -OCH3 is 2. The van der Waals surface area contributed by atoms with Crippen molar-refractivity contribution in [1.82, 2.24) is 10.3 Å². The van der Waals surface area contributed by atoms with Crippen molar-refractivity contribution in [2.45, 2.75) is 19.4 Å². The van der Waals surface area contributed by atoms with Crippen molar-refractivity contribution in [2.75, 3.05) is 33.2 Å². The van der Waals surface area contributed by atoms with E-state index in [0.717, 1.165) is 28.4 Å². The van der Waals surface area contributed by atoms with Gasteiger partial charge in [0.1, 0.15) is 17.3 Å². The Balaban J connectivity index is 1.91. The second kappa shape index (κ2) is 8.92. The molecule has 2 rings (SSSR count). The molecule has 0 aliphatic carbocycles. The molecule has 1 amide bonds. The first-order valence-corrected chi connectivity index (χ1v) is 8.13. The second-order valence-corrected chi connectivity index (χ2v) is 5.88. The highest BCUT2D eigenvalue weighted by Gasteiger charge is 2.09. The summed E-state index contributed by atoms with van der Waals surface area (Å²) in [6.07, 6.45) is 2.76. The zero-order valence-corrected chi connectivity index (χ0v) is 15.2. The SMILES string of the molecule is COc1cc(CCC(=O)NCc2cccnc2N(C)C)cc(OC)c1. The summed E-state index contributed by atoms with van der Waals surface area (Å²) < 4.78 is 10.5. The summed E-state index contributed by atoms with van der Waals surface area (Å²) in [5.74, 6) is 2.30. The van der Waals surface area contributed by atoms with Crippen molar-refractivity contribution in [3.63, 3.8) is 0 Å². The highest BCUT2D eigenvalue weighted by molar-refractivity contribution is 5.76. The maximum Gasteiger partial charge on any atom is 0.220 e. The first kappa shape index (κ1) is 18.6. The number of benzene rings is 1. The molecular weight excluding hydrogens is 318 g/mol. The average molecular weight is 343 g/mol. The third-order valence-electron chi connectivity index (χ3n) is 3.82. The van der Waals surface area contributed by atoms with E-state index in [9.17, 15) is 4.79 Å². The molecule has 0 spiro atoms. The fourth-order valence-corrected chi connectivity index (χ4v) is 2.52. The molecule has 0 unspecified atom stereocenters. The zero-order valence-electron chi connectivity index (χ0n) is 15.2. The number of aryl methyl sites for hydroxylation is 1. The molecule has 0 saturated carbocycles. The maximum absolute atomic E-state index is 12.2. The van der Waals surface area contributed by atoms with Crippen LogP contribution in [-0.2, 0) is 17.8 Å². The van der Waals surface area contributed by atoms with Gasteiger partial charge in [-0.3, -0.25) is 4.79 Å². The van der Waals surface area contributed by atoms with E-state index in [-0.39, 0.29) is 5.91 Å². The smallest absolute Gasteiger partial charge is 0.220 e. The Morgan fingerprint density at radius 1 is 1.16 bits per heavy atom. The van der Waals surface area contributed by atoms with E-state index in [1.165, 1.54) is 0 Å². The van der Waals surface area contributed by atoms with E-state index in [0.29, 0.717) is 19.4 Å². The van der Waals surface area contributed by atoms with Gasteiger partial charge in [-0.15, -0.1) is 0 Å². The average Bonchev–Trinajstić information content (AvgIpc) is 2.64. The Bertz CT molecular complexity index is 695. The van der Waals surface area contributed by atoms with Crippen molar-refractivity contribution < 1.29 is 14.3 Å². The molecule has 1 aromatic carbocycles. The lowest BCUT2D eigenvalue weighted by Crippen LogP contribution is -2.24. The second-order valence-electron chi connectivity index (χ2n) is 5.88. The molecule has 1 aromatic heterocycles. The number of anilines is 1. The lowest BCUT2D eigenvalue weighted by Gasteiger charge is -2.16. The molecule has 0 aliphatic heterocycles. The normalized spacial score (nSPS) is 10.2. The van der Waals surface area contributed by atoms with E-state index in [4.69, 9.17) is 9.47 Å². The van der Waals surface area contributed by atoms with Gasteiger partial charge in [0.2, 0.25) is 5.91 Å². The molecule has 6 heteroatoms. The van der Waals surface area contributed by atoms with E-state index in [1.807, 2.05) is 49.3 Å². The molecule has 0 aliphatic rings. The van der Waals surface area contributed by atoms with Crippen LogP contribution in [0, 0.1) is 0 Å². The fourth-order valence-electron chi connectivity index (χ4n) is 2.52. The van der Waals surface area contributed by atoms with Gasteiger partial charge in [0.05, 0.1) is 14.2 Å². The van der Waals surface area contributed by atoms with Crippen LogP contribution in [0.25, 0.3) is 0 Å². The summed E-state index contributed by atoms with van der Waals surface area (Å²) in [7, 11) is 7.09. The van der Waals surface area contributed by atoms with Crippen molar-refractivity contribution in [3.8, 4) is 11.5 Å². The van der Waals surface area contributed by atoms with Crippen molar-refractivity contribution in [1.29, 1.82) is 0 Å². The number of rotatable bonds is 8. The monoisotopic (exact) mass is 343 g/mol. The minimum atomic E-state index is -0.00431. The summed E-state index contributed by atoms with van der Waals surface area (Å²) in [4.78, 5) is 18.4. The summed E-state index contributed by atoms with van der Waals surface area (Å²) >= 11 is 0. The third-order valence-corrected chi connectivity index (χ3v) is 3.82. The van der Waals surface area contributed by atoms with Crippen LogP contribution in [0.3, 0.4) is 0 Å². The number of nitrogens with zero attached hydrogens (tertiary/aromatic N) is 2. The molecule has 0 bridgehead atoms. The van der Waals surface area contributed by atoms with Crippen LogP contribution < -0.4 is 19.7 Å². The van der Waals surface area contributed by atoms with E-state index in [2.05, 4.69) is 10.3 Å². The molecule has 6 nitrogen and oxygen atoms in total. The summed E-state index contributed by atoms with van der Waals surface area (Å²) in [6.45, 7) is 0.460. The number of carbonyl (C=O) groups excluding carboxylic acids is 1. The quantitative estimate of drug-likeness (QED) is 0.797. The van der Waals surface area contributed by atoms with Gasteiger partial charge >= 0.3 is 0 Å². The lowest BCUT2D eigenvalue weighted by molar-refractivity contribution is -0.121. The minimum absolute atomic E-state index is 0.00431. The van der Waals surface area contributed by atoms with Crippen molar-refractivity contribution in [2.24, 2.45) is 0 Å². The molecule has 25 heavy (non-hydrogen) atoms. The summed E-state index contributed by atoms with van der Waals surface area (Å²) in [5.41, 5.74) is 1.99. The first-order chi connectivity index (χ1) is 12.0. The van der Waals surface area contributed by atoms with Crippen LogP contribution in [0.2, 0.25) is 0 Å². The van der Waals surface area contributed by atoms with Gasteiger partial charge in [-0.1, -0.05) is 6.07 Å². The summed E-state index contributed by atoms with van der Waals surface area (Å²) in [5, 5.41) is 2.95. The summed E-state index contributed by atoms with van der Waals surface area (Å²) in [6, 6.07) is 9.49. The number of ether oxygens (including phenoxy) is 2. The Kier molecular flexibility index (Phi) is 6.62. The predicted octanol–water partition coefficient (Wildman–Crippen LogP) is 2.41. The topological polar surface area (TPSA) is 63.7 Å². The standard InChI is InChI=1S/C19H25N3O3/c1-22(2)19-15(6-5-9-20-19)13-21-18(23)8-7-14-10-16(24-3)12-17(11-14)25-4/h5-6,9-12H,7-8,13H2,1-4H3,(H,21,23). The fraction of sp³-hybridized carbons (Fsp3) is 0.368. The molecule has 0 atom stereocenters. The maximum atomic E-state index is 12.2. The highest BCUT2D eigenvalue weighted by atomic mass is 16.5. The molecule has 134 valence electrons. The van der Waals surface area contributed by atoms with Crippen LogP contribution in [0.4, 0.5) is 5.82 Å². The van der Waals surface area contributed by atoms with Crippen molar-refractivity contribution in [3.05, 3.63) is 47.7 Å². The third kappa shape index (κ3) is 5.38. The van der Waals surface area contributed by atoms with Gasteiger partial charge in [0.15, 0.2) is 0 Å². The number of hydrogen-bond acceptors (Lipinski definition) is 5. The lowest BCUT2D eigenvalue weighted by atomic mass is 10.1. The number of amides is 1. The van der Waals surface area contributed by atoms with Crippen LogP contribution >= 0.6 is 0 Å². The molecule has 1 N–H and O–H groups in total. The predicted molar refractivity (Wildman–Crippen MR) is 98.3 cm³/mol. The van der Waals surface area contributed by atoms with Crippen LogP contribution in [0.5, 0.6) is 11.5 Å². The Labute approximate surface area is 148 Å². The molecular formula is C19H25N3O3. The van der Waals surface area contributed by atoms with Crippen LogP contribution in [0.15, 0.2) is 36.5 Å². The van der Waals surface area contributed by atoms with E-state index < -0.39 is 0 Å². The molecule has 1 heterocycles. The number of pyridine rings is 1. The zero-order chi connectivity index (χ0) is 18.2. The number of carbonyl (C=O) groups is 1. The Morgan fingerprint density at radius 2 is 1.84 bits per heavy atom. The first-order valence-electron chi connectivity index (χ1n) is 8.13. The Hall–Kier alpha value is -2.76. The molecule has 0 saturated heterocycles. The van der Waals surface area contributed by atoms with Gasteiger partial charge < -0.3 is 19.7 Å². The molecule has 0 fully saturated rings. The van der Waals surface area contributed by atoms with Gasteiger partial charge in [-0.05, 0) is 30.2 Å². The van der Waals surface area contributed by atoms with E-state index >= 15 is 0 Å². The van der Waals surface area contributed by atoms with E-state index in [1.54, 1.807) is 20.4 Å². The highest BCUT2D eigenvalue weighted by Crippen LogP contribution is 2.23. The van der Waals surface area contributed by atoms with Crippen LogP contribution in [0.1, 0.15) is 17.5 Å². The number of aromatic nitrogens is 1. The Morgan fingerprint density at radius 3 is 2.44 bits per heavy atom. The van der Waals surface area contributed by atoms with Gasteiger partial charge in [0, 0.05) is 44.9 Å². The van der Waals surface area contributed by atoms with Gasteiger partial charge in [-0.25, -0.2) is 4.98 Å². The molecule has 2 aromatic rings. The van der Waals surface area contributed by atoms with Gasteiger partial charge in [0.25, 0.3) is 0 Å². The minimum Gasteiger partial charge on any atom is -0.497 e. The largest absolute Gasteiger partial charge is 0.497 e. The number of nitrogens with one attached hydrogen (secondary N) is 1. The van der Waals surface area contributed by atoms with Gasteiger partial charge in [-0.2, -0.15) is 0 Å². The number of hydrogen-bond donors (Lipinski definition) is 1.